The summed E-state index contributed by atoms with van der Waals surface area (Å²) >= 11 is 0. The second-order valence-electron chi connectivity index (χ2n) is 5.34. The second kappa shape index (κ2) is 6.04. The predicted octanol–water partition coefficient (Wildman–Crippen LogP) is 4.15. The third kappa shape index (κ3) is 2.67. The monoisotopic (exact) mass is 316 g/mol. The summed E-state index contributed by atoms with van der Waals surface area (Å²) < 4.78 is 7.06. The summed E-state index contributed by atoms with van der Waals surface area (Å²) in [4.78, 5) is 4.54. The number of methoxy groups -OCH3 is 1. The van der Waals surface area contributed by atoms with Crippen molar-refractivity contribution < 1.29 is 4.74 Å². The van der Waals surface area contributed by atoms with E-state index in [9.17, 15) is 0 Å². The number of benzene rings is 2. The zero-order valence-electron chi connectivity index (χ0n) is 13.2. The SMILES string of the molecule is COc1ccc(-c2cccc3nc(Nc4ccccc4)nn23)cc1. The van der Waals surface area contributed by atoms with Gasteiger partial charge in [-0.1, -0.05) is 24.3 Å². The van der Waals surface area contributed by atoms with Gasteiger partial charge in [-0.2, -0.15) is 4.98 Å². The Morgan fingerprint density at radius 2 is 1.67 bits per heavy atom. The van der Waals surface area contributed by atoms with Crippen LogP contribution in [0.15, 0.2) is 72.8 Å². The number of aromatic nitrogens is 3. The number of fused-ring (bicyclic) bond motifs is 1. The largest absolute Gasteiger partial charge is 0.497 e. The summed E-state index contributed by atoms with van der Waals surface area (Å²) in [7, 11) is 1.66. The molecule has 0 radical (unpaired) electrons. The normalized spacial score (nSPS) is 10.7. The predicted molar refractivity (Wildman–Crippen MR) is 94.7 cm³/mol. The highest BCUT2D eigenvalue weighted by Gasteiger charge is 2.09. The lowest BCUT2D eigenvalue weighted by molar-refractivity contribution is 0.415. The lowest BCUT2D eigenvalue weighted by Gasteiger charge is -2.05. The Labute approximate surface area is 139 Å². The van der Waals surface area contributed by atoms with Crippen LogP contribution in [0.25, 0.3) is 16.9 Å². The minimum atomic E-state index is 0.571. The number of nitrogens with zero attached hydrogens (tertiary/aromatic N) is 3. The number of hydrogen-bond donors (Lipinski definition) is 1. The van der Waals surface area contributed by atoms with Crippen LogP contribution in [0.4, 0.5) is 11.6 Å². The Kier molecular flexibility index (Phi) is 3.59. The Hall–Kier alpha value is -3.34. The zero-order chi connectivity index (χ0) is 16.4. The molecule has 118 valence electrons. The van der Waals surface area contributed by atoms with Crippen molar-refractivity contribution in [1.82, 2.24) is 14.6 Å². The summed E-state index contributed by atoms with van der Waals surface area (Å²) in [6, 6.07) is 23.7. The fourth-order valence-corrected chi connectivity index (χ4v) is 2.59. The zero-order valence-corrected chi connectivity index (χ0v) is 13.2. The molecular formula is C19H16N4O. The van der Waals surface area contributed by atoms with E-state index in [1.54, 1.807) is 7.11 Å². The van der Waals surface area contributed by atoms with Crippen molar-refractivity contribution >= 4 is 17.3 Å². The van der Waals surface area contributed by atoms with E-state index in [1.807, 2.05) is 77.3 Å². The molecule has 4 rings (SSSR count). The van der Waals surface area contributed by atoms with Crippen LogP contribution < -0.4 is 10.1 Å². The lowest BCUT2D eigenvalue weighted by Crippen LogP contribution is -1.95. The molecule has 24 heavy (non-hydrogen) atoms. The number of ether oxygens (including phenoxy) is 1. The van der Waals surface area contributed by atoms with E-state index in [0.717, 1.165) is 28.3 Å². The summed E-state index contributed by atoms with van der Waals surface area (Å²) in [5.41, 5.74) is 3.78. The molecule has 0 bridgehead atoms. The number of hydrogen-bond acceptors (Lipinski definition) is 4. The summed E-state index contributed by atoms with van der Waals surface area (Å²) in [5, 5.41) is 7.82. The smallest absolute Gasteiger partial charge is 0.247 e. The van der Waals surface area contributed by atoms with Crippen molar-refractivity contribution in [3.8, 4) is 17.0 Å². The first-order valence-electron chi connectivity index (χ1n) is 7.66. The van der Waals surface area contributed by atoms with E-state index in [0.29, 0.717) is 5.95 Å². The standard InChI is InChI=1S/C19H16N4O/c1-24-16-12-10-14(11-13-16)17-8-5-9-18-21-19(22-23(17)18)20-15-6-3-2-4-7-15/h2-13H,1H3,(H,20,22). The van der Waals surface area contributed by atoms with Crippen LogP contribution in [-0.2, 0) is 0 Å². The molecule has 0 aliphatic carbocycles. The molecule has 0 fully saturated rings. The lowest BCUT2D eigenvalue weighted by atomic mass is 10.1. The average molecular weight is 316 g/mol. The topological polar surface area (TPSA) is 51.5 Å². The molecule has 1 N–H and O–H groups in total. The van der Waals surface area contributed by atoms with Crippen molar-refractivity contribution in [2.45, 2.75) is 0 Å². The molecule has 4 aromatic rings. The summed E-state index contributed by atoms with van der Waals surface area (Å²) in [5.74, 6) is 1.40. The first kappa shape index (κ1) is 14.3. The molecule has 0 aliphatic rings. The highest BCUT2D eigenvalue weighted by molar-refractivity contribution is 5.65. The van der Waals surface area contributed by atoms with Crippen LogP contribution in [0.5, 0.6) is 5.75 Å². The van der Waals surface area contributed by atoms with Gasteiger partial charge in [0, 0.05) is 11.3 Å². The Morgan fingerprint density at radius 3 is 2.42 bits per heavy atom. The van der Waals surface area contributed by atoms with Gasteiger partial charge in [0.25, 0.3) is 0 Å². The van der Waals surface area contributed by atoms with Gasteiger partial charge >= 0.3 is 0 Å². The molecule has 0 saturated heterocycles. The van der Waals surface area contributed by atoms with Gasteiger partial charge in [-0.3, -0.25) is 0 Å². The fourth-order valence-electron chi connectivity index (χ4n) is 2.59. The van der Waals surface area contributed by atoms with Crippen LogP contribution in [0.2, 0.25) is 0 Å². The van der Waals surface area contributed by atoms with Crippen molar-refractivity contribution in [2.75, 3.05) is 12.4 Å². The van der Waals surface area contributed by atoms with E-state index >= 15 is 0 Å². The molecule has 0 atom stereocenters. The summed E-state index contributed by atoms with van der Waals surface area (Å²) in [6.07, 6.45) is 0. The molecular weight excluding hydrogens is 300 g/mol. The number of rotatable bonds is 4. The van der Waals surface area contributed by atoms with Gasteiger partial charge in [-0.25, -0.2) is 4.52 Å². The van der Waals surface area contributed by atoms with Crippen LogP contribution in [0.1, 0.15) is 0 Å². The van der Waals surface area contributed by atoms with Crippen molar-refractivity contribution in [1.29, 1.82) is 0 Å². The van der Waals surface area contributed by atoms with Gasteiger partial charge < -0.3 is 10.1 Å². The van der Waals surface area contributed by atoms with Crippen LogP contribution in [0, 0.1) is 0 Å². The molecule has 5 heteroatoms. The van der Waals surface area contributed by atoms with Crippen LogP contribution >= 0.6 is 0 Å². The third-order valence-electron chi connectivity index (χ3n) is 3.78. The molecule has 0 spiro atoms. The van der Waals surface area contributed by atoms with Crippen molar-refractivity contribution in [2.24, 2.45) is 0 Å². The molecule has 2 aromatic heterocycles. The minimum Gasteiger partial charge on any atom is -0.497 e. The first-order valence-corrected chi connectivity index (χ1v) is 7.66. The maximum absolute atomic E-state index is 5.22. The van der Waals surface area contributed by atoms with Gasteiger partial charge in [-0.05, 0) is 48.5 Å². The van der Waals surface area contributed by atoms with Gasteiger partial charge in [0.1, 0.15) is 5.75 Å². The highest BCUT2D eigenvalue weighted by atomic mass is 16.5. The van der Waals surface area contributed by atoms with Crippen LogP contribution in [0.3, 0.4) is 0 Å². The maximum atomic E-state index is 5.22. The number of anilines is 2. The molecule has 0 aliphatic heterocycles. The molecule has 0 unspecified atom stereocenters. The number of pyridine rings is 1. The minimum absolute atomic E-state index is 0.571. The third-order valence-corrected chi connectivity index (χ3v) is 3.78. The number of para-hydroxylation sites is 1. The van der Waals surface area contributed by atoms with Gasteiger partial charge in [0.15, 0.2) is 5.65 Å². The molecule has 0 saturated carbocycles. The van der Waals surface area contributed by atoms with Gasteiger partial charge in [0.2, 0.25) is 5.95 Å². The van der Waals surface area contributed by atoms with E-state index in [2.05, 4.69) is 15.4 Å². The number of nitrogens with one attached hydrogen (secondary N) is 1. The molecule has 5 nitrogen and oxygen atoms in total. The van der Waals surface area contributed by atoms with Gasteiger partial charge in [0.05, 0.1) is 12.8 Å². The van der Waals surface area contributed by atoms with E-state index < -0.39 is 0 Å². The first-order chi connectivity index (χ1) is 11.8. The average Bonchev–Trinajstić information content (AvgIpc) is 3.05. The second-order valence-corrected chi connectivity index (χ2v) is 5.34. The van der Waals surface area contributed by atoms with Gasteiger partial charge in [-0.15, -0.1) is 5.10 Å². The quantitative estimate of drug-likeness (QED) is 0.614. The van der Waals surface area contributed by atoms with E-state index in [-0.39, 0.29) is 0 Å². The van der Waals surface area contributed by atoms with Crippen molar-refractivity contribution in [3.63, 3.8) is 0 Å². The maximum Gasteiger partial charge on any atom is 0.247 e. The Morgan fingerprint density at radius 1 is 0.875 bits per heavy atom. The highest BCUT2D eigenvalue weighted by Crippen LogP contribution is 2.24. The molecule has 2 aromatic carbocycles. The van der Waals surface area contributed by atoms with Crippen LogP contribution in [-0.4, -0.2) is 21.7 Å². The van der Waals surface area contributed by atoms with E-state index in [4.69, 9.17) is 4.74 Å². The summed E-state index contributed by atoms with van der Waals surface area (Å²) in [6.45, 7) is 0. The van der Waals surface area contributed by atoms with Crippen molar-refractivity contribution in [3.05, 3.63) is 72.8 Å². The fraction of sp³-hybridized carbons (Fsp3) is 0.0526. The Bertz CT molecular complexity index is 962. The molecule has 0 amide bonds. The molecule has 2 heterocycles. The Balaban J connectivity index is 1.74. The van der Waals surface area contributed by atoms with E-state index in [1.165, 1.54) is 0 Å².